The average Bonchev–Trinajstić information content (AvgIpc) is 3.14. The summed E-state index contributed by atoms with van der Waals surface area (Å²) in [6.07, 6.45) is 5.75. The van der Waals surface area contributed by atoms with Crippen LogP contribution in [0.25, 0.3) is 11.1 Å². The zero-order chi connectivity index (χ0) is 18.8. The number of nitrogens with zero attached hydrogens (tertiary/aromatic N) is 3. The Kier molecular flexibility index (Phi) is 4.75. The Balaban J connectivity index is 1.61. The number of amides is 1. The van der Waals surface area contributed by atoms with Gasteiger partial charge >= 0.3 is 0 Å². The van der Waals surface area contributed by atoms with Gasteiger partial charge in [-0.15, -0.1) is 0 Å². The number of aryl methyl sites for hydroxylation is 1. The third-order valence-corrected chi connectivity index (χ3v) is 5.24. The van der Waals surface area contributed by atoms with Crippen LogP contribution in [0.1, 0.15) is 34.9 Å². The predicted molar refractivity (Wildman–Crippen MR) is 103 cm³/mol. The lowest BCUT2D eigenvalue weighted by Gasteiger charge is -2.33. The number of carbonyl (C=O) groups excluding carboxylic acids is 1. The van der Waals surface area contributed by atoms with E-state index in [-0.39, 0.29) is 17.6 Å². The quantitative estimate of drug-likeness (QED) is 0.698. The van der Waals surface area contributed by atoms with Crippen molar-refractivity contribution in [1.29, 1.82) is 0 Å². The summed E-state index contributed by atoms with van der Waals surface area (Å²) in [4.78, 5) is 19.7. The molecule has 1 unspecified atom stereocenters. The van der Waals surface area contributed by atoms with Crippen molar-refractivity contribution in [3.05, 3.63) is 78.1 Å². The molecule has 5 heteroatoms. The first-order valence-electron chi connectivity index (χ1n) is 9.25. The molecule has 2 aromatic carbocycles. The normalized spacial score (nSPS) is 17.1. The number of piperidine rings is 1. The molecule has 0 radical (unpaired) electrons. The Morgan fingerprint density at radius 2 is 1.93 bits per heavy atom. The Morgan fingerprint density at radius 1 is 1.15 bits per heavy atom. The number of hydrogen-bond donors (Lipinski definition) is 0. The number of aromatic nitrogens is 2. The van der Waals surface area contributed by atoms with Crippen molar-refractivity contribution in [2.24, 2.45) is 7.05 Å². The van der Waals surface area contributed by atoms with Gasteiger partial charge in [-0.3, -0.25) is 4.79 Å². The summed E-state index contributed by atoms with van der Waals surface area (Å²) in [5.74, 6) is 1.02. The fourth-order valence-electron chi connectivity index (χ4n) is 3.86. The molecule has 2 heterocycles. The minimum atomic E-state index is -0.281. The van der Waals surface area contributed by atoms with Crippen LogP contribution in [0.2, 0.25) is 0 Å². The van der Waals surface area contributed by atoms with Crippen LogP contribution in [0.4, 0.5) is 4.39 Å². The van der Waals surface area contributed by atoms with Crippen molar-refractivity contribution in [1.82, 2.24) is 14.5 Å². The predicted octanol–water partition coefficient (Wildman–Crippen LogP) is 4.25. The van der Waals surface area contributed by atoms with Crippen LogP contribution in [0.15, 0.2) is 60.9 Å². The number of hydrogen-bond acceptors (Lipinski definition) is 2. The van der Waals surface area contributed by atoms with E-state index < -0.39 is 0 Å². The lowest BCUT2D eigenvalue weighted by atomic mass is 9.94. The van der Waals surface area contributed by atoms with E-state index in [2.05, 4.69) is 4.98 Å². The summed E-state index contributed by atoms with van der Waals surface area (Å²) in [7, 11) is 1.99. The maximum atomic E-state index is 13.3. The molecule has 0 bridgehead atoms. The molecule has 0 N–H and O–H groups in total. The Morgan fingerprint density at radius 3 is 2.67 bits per heavy atom. The largest absolute Gasteiger partial charge is 0.338 e. The molecule has 1 aliphatic heterocycles. The first-order valence-corrected chi connectivity index (χ1v) is 9.25. The minimum Gasteiger partial charge on any atom is -0.338 e. The van der Waals surface area contributed by atoms with Gasteiger partial charge in [-0.1, -0.05) is 30.3 Å². The molecule has 1 atom stereocenters. The van der Waals surface area contributed by atoms with E-state index in [0.29, 0.717) is 12.1 Å². The standard InChI is InChI=1S/C22H22FN3O/c1-25-14-12-24-21(25)17-5-4-13-26(15-17)22(27)20-7-3-2-6-19(20)16-8-10-18(23)11-9-16/h2-3,6-12,14,17H,4-5,13,15H2,1H3. The van der Waals surface area contributed by atoms with Crippen LogP contribution in [0.3, 0.4) is 0 Å². The molecular weight excluding hydrogens is 341 g/mol. The second-order valence-corrected chi connectivity index (χ2v) is 7.04. The molecule has 138 valence electrons. The van der Waals surface area contributed by atoms with E-state index in [1.807, 2.05) is 47.0 Å². The molecule has 1 amide bonds. The van der Waals surface area contributed by atoms with Crippen LogP contribution in [-0.2, 0) is 7.05 Å². The second kappa shape index (κ2) is 7.35. The first kappa shape index (κ1) is 17.5. The van der Waals surface area contributed by atoms with E-state index in [9.17, 15) is 9.18 Å². The SMILES string of the molecule is Cn1ccnc1C1CCCN(C(=O)c2ccccc2-c2ccc(F)cc2)C1. The monoisotopic (exact) mass is 363 g/mol. The van der Waals surface area contributed by atoms with Gasteiger partial charge in [0.1, 0.15) is 11.6 Å². The number of rotatable bonds is 3. The molecule has 27 heavy (non-hydrogen) atoms. The number of carbonyl (C=O) groups is 1. The van der Waals surface area contributed by atoms with Gasteiger partial charge in [0.05, 0.1) is 0 Å². The van der Waals surface area contributed by atoms with Crippen molar-refractivity contribution >= 4 is 5.91 Å². The van der Waals surface area contributed by atoms with Crippen LogP contribution < -0.4 is 0 Å². The molecule has 1 aliphatic rings. The lowest BCUT2D eigenvalue weighted by molar-refractivity contribution is 0.0704. The topological polar surface area (TPSA) is 38.1 Å². The Bertz CT molecular complexity index is 948. The van der Waals surface area contributed by atoms with Crippen LogP contribution in [-0.4, -0.2) is 33.4 Å². The van der Waals surface area contributed by atoms with Crippen LogP contribution in [0, 0.1) is 5.82 Å². The molecule has 0 aliphatic carbocycles. The Labute approximate surface area is 158 Å². The maximum absolute atomic E-state index is 13.3. The fraction of sp³-hybridized carbons (Fsp3) is 0.273. The average molecular weight is 363 g/mol. The zero-order valence-corrected chi connectivity index (χ0v) is 15.3. The second-order valence-electron chi connectivity index (χ2n) is 7.04. The lowest BCUT2D eigenvalue weighted by Crippen LogP contribution is -2.39. The van der Waals surface area contributed by atoms with Gasteiger partial charge in [-0.25, -0.2) is 9.37 Å². The number of imidazole rings is 1. The van der Waals surface area contributed by atoms with E-state index in [0.717, 1.165) is 36.3 Å². The fourth-order valence-corrected chi connectivity index (χ4v) is 3.86. The van der Waals surface area contributed by atoms with Crippen molar-refractivity contribution in [2.75, 3.05) is 13.1 Å². The highest BCUT2D eigenvalue weighted by atomic mass is 19.1. The van der Waals surface area contributed by atoms with E-state index in [1.165, 1.54) is 12.1 Å². The van der Waals surface area contributed by atoms with Gasteiger partial charge in [0, 0.05) is 44.0 Å². The third kappa shape index (κ3) is 3.50. The molecular formula is C22H22FN3O. The number of likely N-dealkylation sites (tertiary alicyclic amines) is 1. The number of halogens is 1. The third-order valence-electron chi connectivity index (χ3n) is 5.24. The summed E-state index contributed by atoms with van der Waals surface area (Å²) >= 11 is 0. The van der Waals surface area contributed by atoms with E-state index in [4.69, 9.17) is 0 Å². The van der Waals surface area contributed by atoms with Crippen molar-refractivity contribution in [2.45, 2.75) is 18.8 Å². The van der Waals surface area contributed by atoms with Gasteiger partial charge in [-0.2, -0.15) is 0 Å². The van der Waals surface area contributed by atoms with Crippen LogP contribution >= 0.6 is 0 Å². The summed E-state index contributed by atoms with van der Waals surface area (Å²) in [6.45, 7) is 1.42. The highest BCUT2D eigenvalue weighted by Gasteiger charge is 2.28. The zero-order valence-electron chi connectivity index (χ0n) is 15.3. The van der Waals surface area contributed by atoms with Crippen LogP contribution in [0.5, 0.6) is 0 Å². The van der Waals surface area contributed by atoms with Gasteiger partial charge in [0.25, 0.3) is 5.91 Å². The summed E-state index contributed by atoms with van der Waals surface area (Å²) in [6, 6.07) is 13.8. The van der Waals surface area contributed by atoms with Gasteiger partial charge in [0.2, 0.25) is 0 Å². The highest BCUT2D eigenvalue weighted by Crippen LogP contribution is 2.29. The number of benzene rings is 2. The summed E-state index contributed by atoms with van der Waals surface area (Å²) < 4.78 is 15.3. The smallest absolute Gasteiger partial charge is 0.254 e. The van der Waals surface area contributed by atoms with Crippen molar-refractivity contribution in [3.63, 3.8) is 0 Å². The first-order chi connectivity index (χ1) is 13.1. The molecule has 1 saturated heterocycles. The van der Waals surface area contributed by atoms with Gasteiger partial charge in [0.15, 0.2) is 0 Å². The van der Waals surface area contributed by atoms with Gasteiger partial charge < -0.3 is 9.47 Å². The highest BCUT2D eigenvalue weighted by molar-refractivity contribution is 6.01. The van der Waals surface area contributed by atoms with Gasteiger partial charge in [-0.05, 0) is 42.2 Å². The maximum Gasteiger partial charge on any atom is 0.254 e. The molecule has 1 fully saturated rings. The van der Waals surface area contributed by atoms with Crippen molar-refractivity contribution in [3.8, 4) is 11.1 Å². The molecule has 4 rings (SSSR count). The molecule has 3 aromatic rings. The summed E-state index contributed by atoms with van der Waals surface area (Å²) in [5.41, 5.74) is 2.34. The summed E-state index contributed by atoms with van der Waals surface area (Å²) in [5, 5.41) is 0. The molecule has 4 nitrogen and oxygen atoms in total. The minimum absolute atomic E-state index is 0.0221. The van der Waals surface area contributed by atoms with Crippen molar-refractivity contribution < 1.29 is 9.18 Å². The molecule has 1 aromatic heterocycles. The molecule has 0 spiro atoms. The van der Waals surface area contributed by atoms with E-state index in [1.54, 1.807) is 18.3 Å². The molecule has 0 saturated carbocycles. The Hall–Kier alpha value is -2.95. The van der Waals surface area contributed by atoms with E-state index >= 15 is 0 Å².